The van der Waals surface area contributed by atoms with Crippen molar-refractivity contribution in [2.24, 2.45) is 0 Å². The molecule has 1 saturated carbocycles. The van der Waals surface area contributed by atoms with E-state index in [0.29, 0.717) is 0 Å². The summed E-state index contributed by atoms with van der Waals surface area (Å²) in [6.45, 7) is 4.83. The summed E-state index contributed by atoms with van der Waals surface area (Å²) < 4.78 is 0. The van der Waals surface area contributed by atoms with Crippen molar-refractivity contribution in [3.63, 3.8) is 0 Å². The molecule has 0 heteroatoms. The van der Waals surface area contributed by atoms with Crippen molar-refractivity contribution in [3.05, 3.63) is 71.8 Å². The minimum atomic E-state index is 0.273. The Kier molecular flexibility index (Phi) is 2.55. The predicted octanol–water partition coefficient (Wildman–Crippen LogP) is 4.70. The Labute approximate surface area is 110 Å². The second-order valence-corrected chi connectivity index (χ2v) is 5.90. The lowest BCUT2D eigenvalue weighted by Gasteiger charge is -2.57. The van der Waals surface area contributed by atoms with Crippen molar-refractivity contribution in [1.29, 1.82) is 0 Å². The monoisotopic (exact) mass is 236 g/mol. The van der Waals surface area contributed by atoms with Gasteiger partial charge in [-0.25, -0.2) is 0 Å². The van der Waals surface area contributed by atoms with Gasteiger partial charge in [-0.1, -0.05) is 74.5 Å². The highest BCUT2D eigenvalue weighted by atomic mass is 14.6. The van der Waals surface area contributed by atoms with Crippen LogP contribution >= 0.6 is 0 Å². The SMILES string of the molecule is CC1(c2ccccc2)CCC1(C)c1ccccc1. The third-order valence-corrected chi connectivity index (χ3v) is 5.16. The van der Waals surface area contributed by atoms with E-state index in [0.717, 1.165) is 0 Å². The first-order valence-electron chi connectivity index (χ1n) is 6.78. The van der Waals surface area contributed by atoms with Crippen molar-refractivity contribution in [2.75, 3.05) is 0 Å². The van der Waals surface area contributed by atoms with Crippen molar-refractivity contribution in [1.82, 2.24) is 0 Å². The minimum Gasteiger partial charge on any atom is -0.0622 e. The van der Waals surface area contributed by atoms with E-state index in [2.05, 4.69) is 74.5 Å². The van der Waals surface area contributed by atoms with E-state index in [1.807, 2.05) is 0 Å². The Morgan fingerprint density at radius 1 is 0.611 bits per heavy atom. The van der Waals surface area contributed by atoms with Gasteiger partial charge >= 0.3 is 0 Å². The van der Waals surface area contributed by atoms with Crippen LogP contribution in [0, 0.1) is 0 Å². The molecule has 1 aliphatic carbocycles. The van der Waals surface area contributed by atoms with Gasteiger partial charge in [0.15, 0.2) is 0 Å². The first kappa shape index (κ1) is 11.5. The standard InChI is InChI=1S/C18H20/c1-17(15-9-5-3-6-10-15)13-14-18(17,2)16-11-7-4-8-12-16/h3-12H,13-14H2,1-2H3. The largest absolute Gasteiger partial charge is 0.0622 e. The molecule has 0 aromatic heterocycles. The molecule has 92 valence electrons. The van der Waals surface area contributed by atoms with E-state index >= 15 is 0 Å². The maximum atomic E-state index is 2.42. The van der Waals surface area contributed by atoms with Gasteiger partial charge in [0.1, 0.15) is 0 Å². The zero-order chi connectivity index (χ0) is 12.6. The van der Waals surface area contributed by atoms with Crippen LogP contribution in [0.1, 0.15) is 37.8 Å². The summed E-state index contributed by atoms with van der Waals surface area (Å²) in [6.07, 6.45) is 2.56. The molecule has 2 atom stereocenters. The smallest absolute Gasteiger partial charge is 0.00192 e. The summed E-state index contributed by atoms with van der Waals surface area (Å²) in [5.74, 6) is 0. The average molecular weight is 236 g/mol. The molecule has 1 aliphatic rings. The van der Waals surface area contributed by atoms with Crippen molar-refractivity contribution < 1.29 is 0 Å². The minimum absolute atomic E-state index is 0.273. The summed E-state index contributed by atoms with van der Waals surface area (Å²) in [6, 6.07) is 21.9. The normalized spacial score (nSPS) is 30.8. The van der Waals surface area contributed by atoms with Gasteiger partial charge in [0, 0.05) is 10.8 Å². The molecule has 0 amide bonds. The van der Waals surface area contributed by atoms with Crippen molar-refractivity contribution >= 4 is 0 Å². The molecular weight excluding hydrogens is 216 g/mol. The van der Waals surface area contributed by atoms with Gasteiger partial charge in [-0.2, -0.15) is 0 Å². The molecule has 2 unspecified atom stereocenters. The van der Waals surface area contributed by atoms with Crippen LogP contribution in [-0.2, 0) is 10.8 Å². The summed E-state index contributed by atoms with van der Waals surface area (Å²) in [5.41, 5.74) is 3.50. The van der Waals surface area contributed by atoms with Crippen LogP contribution in [0.5, 0.6) is 0 Å². The van der Waals surface area contributed by atoms with Gasteiger partial charge in [-0.05, 0) is 24.0 Å². The lowest BCUT2D eigenvalue weighted by molar-refractivity contribution is 0.107. The molecule has 0 heterocycles. The molecule has 18 heavy (non-hydrogen) atoms. The highest BCUT2D eigenvalue weighted by Gasteiger charge is 2.54. The van der Waals surface area contributed by atoms with Crippen LogP contribution < -0.4 is 0 Å². The highest BCUT2D eigenvalue weighted by molar-refractivity contribution is 5.41. The lowest BCUT2D eigenvalue weighted by Crippen LogP contribution is -2.54. The molecule has 0 spiro atoms. The van der Waals surface area contributed by atoms with Gasteiger partial charge in [0.2, 0.25) is 0 Å². The number of hydrogen-bond donors (Lipinski definition) is 0. The lowest BCUT2D eigenvalue weighted by atomic mass is 9.46. The number of hydrogen-bond acceptors (Lipinski definition) is 0. The van der Waals surface area contributed by atoms with E-state index in [4.69, 9.17) is 0 Å². The van der Waals surface area contributed by atoms with E-state index in [1.165, 1.54) is 24.0 Å². The summed E-state index contributed by atoms with van der Waals surface area (Å²) in [4.78, 5) is 0. The van der Waals surface area contributed by atoms with E-state index in [-0.39, 0.29) is 10.8 Å². The predicted molar refractivity (Wildman–Crippen MR) is 76.8 cm³/mol. The third kappa shape index (κ3) is 1.45. The maximum Gasteiger partial charge on any atom is 0.00192 e. The molecule has 1 fully saturated rings. The zero-order valence-electron chi connectivity index (χ0n) is 11.2. The molecule has 0 saturated heterocycles. The molecular formula is C18H20. The first-order chi connectivity index (χ1) is 8.67. The fraction of sp³-hybridized carbons (Fsp3) is 0.333. The second-order valence-electron chi connectivity index (χ2n) is 5.90. The Balaban J connectivity index is 2.05. The van der Waals surface area contributed by atoms with Crippen LogP contribution in [0.15, 0.2) is 60.7 Å². The van der Waals surface area contributed by atoms with Crippen LogP contribution in [0.2, 0.25) is 0 Å². The molecule has 2 aromatic carbocycles. The fourth-order valence-electron chi connectivity index (χ4n) is 3.41. The Bertz CT molecular complexity index is 477. The first-order valence-corrected chi connectivity index (χ1v) is 6.78. The van der Waals surface area contributed by atoms with Gasteiger partial charge < -0.3 is 0 Å². The molecule has 3 rings (SSSR count). The fourth-order valence-corrected chi connectivity index (χ4v) is 3.41. The van der Waals surface area contributed by atoms with E-state index in [9.17, 15) is 0 Å². The van der Waals surface area contributed by atoms with Crippen molar-refractivity contribution in [3.8, 4) is 0 Å². The van der Waals surface area contributed by atoms with Gasteiger partial charge in [0.25, 0.3) is 0 Å². The van der Waals surface area contributed by atoms with E-state index < -0.39 is 0 Å². The van der Waals surface area contributed by atoms with Crippen molar-refractivity contribution in [2.45, 2.75) is 37.5 Å². The van der Waals surface area contributed by atoms with Crippen LogP contribution in [-0.4, -0.2) is 0 Å². The Morgan fingerprint density at radius 3 is 1.22 bits per heavy atom. The molecule has 0 N–H and O–H groups in total. The van der Waals surface area contributed by atoms with E-state index in [1.54, 1.807) is 0 Å². The summed E-state index contributed by atoms with van der Waals surface area (Å²) in [5, 5.41) is 0. The number of benzene rings is 2. The average Bonchev–Trinajstić information content (AvgIpc) is 2.46. The zero-order valence-corrected chi connectivity index (χ0v) is 11.2. The summed E-state index contributed by atoms with van der Waals surface area (Å²) in [7, 11) is 0. The molecule has 0 aliphatic heterocycles. The molecule has 0 nitrogen and oxygen atoms in total. The van der Waals surface area contributed by atoms with Gasteiger partial charge in [-0.3, -0.25) is 0 Å². The quantitative estimate of drug-likeness (QED) is 0.709. The molecule has 0 bridgehead atoms. The maximum absolute atomic E-state index is 2.42. The Hall–Kier alpha value is -1.56. The van der Waals surface area contributed by atoms with Gasteiger partial charge in [0.05, 0.1) is 0 Å². The topological polar surface area (TPSA) is 0 Å². The second kappa shape index (κ2) is 3.98. The van der Waals surface area contributed by atoms with Crippen LogP contribution in [0.4, 0.5) is 0 Å². The number of rotatable bonds is 2. The van der Waals surface area contributed by atoms with Gasteiger partial charge in [-0.15, -0.1) is 0 Å². The van der Waals surface area contributed by atoms with Crippen LogP contribution in [0.25, 0.3) is 0 Å². The molecule has 0 radical (unpaired) electrons. The highest BCUT2D eigenvalue weighted by Crippen LogP contribution is 2.58. The van der Waals surface area contributed by atoms with Crippen LogP contribution in [0.3, 0.4) is 0 Å². The summed E-state index contributed by atoms with van der Waals surface area (Å²) >= 11 is 0. The Morgan fingerprint density at radius 2 is 0.944 bits per heavy atom. The molecule has 2 aromatic rings. The third-order valence-electron chi connectivity index (χ3n) is 5.16.